The number of aliphatic hydroxyl groups is 1. The molecule has 2 rings (SSSR count). The van der Waals surface area contributed by atoms with E-state index in [1.165, 1.54) is 6.07 Å². The van der Waals surface area contributed by atoms with Gasteiger partial charge in [0.1, 0.15) is 5.82 Å². The Hall–Kier alpha value is -2.40. The molecule has 0 radical (unpaired) electrons. The molecule has 3 N–H and O–H groups in total. The minimum atomic E-state index is -0.624. The number of guanidine groups is 1. The molecule has 0 saturated carbocycles. The van der Waals surface area contributed by atoms with E-state index in [9.17, 15) is 9.50 Å². The second-order valence-corrected chi connectivity index (χ2v) is 6.09. The normalized spacial score (nSPS) is 12.8. The van der Waals surface area contributed by atoms with Gasteiger partial charge in [0.2, 0.25) is 0 Å². The van der Waals surface area contributed by atoms with Gasteiger partial charge in [0.15, 0.2) is 5.96 Å². The van der Waals surface area contributed by atoms with Crippen LogP contribution in [0.1, 0.15) is 35.3 Å². The average Bonchev–Trinajstić information content (AvgIpc) is 2.60. The number of aliphatic hydroxyl groups excluding tert-OH is 1. The van der Waals surface area contributed by atoms with Crippen molar-refractivity contribution in [1.29, 1.82) is 0 Å². The fourth-order valence-electron chi connectivity index (χ4n) is 2.35. The highest BCUT2D eigenvalue weighted by atomic mass is 19.1. The van der Waals surface area contributed by atoms with E-state index in [0.717, 1.165) is 16.7 Å². The number of aryl methyl sites for hydroxylation is 2. The monoisotopic (exact) mass is 343 g/mol. The van der Waals surface area contributed by atoms with Gasteiger partial charge in [0, 0.05) is 13.1 Å². The van der Waals surface area contributed by atoms with Gasteiger partial charge < -0.3 is 15.7 Å². The summed E-state index contributed by atoms with van der Waals surface area (Å²) < 4.78 is 13.6. The Balaban J connectivity index is 1.97. The third kappa shape index (κ3) is 5.87. The smallest absolute Gasteiger partial charge is 0.191 e. The molecule has 1 unspecified atom stereocenters. The molecule has 0 aromatic heterocycles. The van der Waals surface area contributed by atoms with E-state index in [1.54, 1.807) is 13.0 Å². The van der Waals surface area contributed by atoms with Crippen molar-refractivity contribution in [2.24, 2.45) is 4.99 Å². The lowest BCUT2D eigenvalue weighted by atomic mass is 10.1. The summed E-state index contributed by atoms with van der Waals surface area (Å²) >= 11 is 0. The number of halogens is 1. The Bertz CT molecular complexity index is 713. The molecular formula is C20H26FN3O. The Morgan fingerprint density at radius 3 is 2.48 bits per heavy atom. The number of nitrogens with one attached hydrogen (secondary N) is 2. The van der Waals surface area contributed by atoms with Crippen LogP contribution in [0.3, 0.4) is 0 Å². The highest BCUT2D eigenvalue weighted by Gasteiger charge is 2.08. The van der Waals surface area contributed by atoms with Gasteiger partial charge in [-0.05, 0) is 43.5 Å². The van der Waals surface area contributed by atoms with Gasteiger partial charge in [-0.15, -0.1) is 0 Å². The summed E-state index contributed by atoms with van der Waals surface area (Å²) in [5.41, 5.74) is 3.44. The van der Waals surface area contributed by atoms with Crippen molar-refractivity contribution in [2.75, 3.05) is 13.1 Å². The fourth-order valence-corrected chi connectivity index (χ4v) is 2.35. The lowest BCUT2D eigenvalue weighted by molar-refractivity contribution is 0.181. The first-order chi connectivity index (χ1) is 12.0. The Kier molecular flexibility index (Phi) is 6.95. The summed E-state index contributed by atoms with van der Waals surface area (Å²) in [7, 11) is 0. The number of rotatable bonds is 6. The van der Waals surface area contributed by atoms with E-state index in [2.05, 4.69) is 15.6 Å². The van der Waals surface area contributed by atoms with E-state index in [1.807, 2.05) is 44.2 Å². The van der Waals surface area contributed by atoms with Crippen LogP contribution in [0.4, 0.5) is 4.39 Å². The lowest BCUT2D eigenvalue weighted by Gasteiger charge is -2.16. The highest BCUT2D eigenvalue weighted by molar-refractivity contribution is 5.79. The molecule has 0 amide bonds. The topological polar surface area (TPSA) is 56.7 Å². The maximum Gasteiger partial charge on any atom is 0.191 e. The van der Waals surface area contributed by atoms with Crippen molar-refractivity contribution in [3.05, 3.63) is 70.5 Å². The van der Waals surface area contributed by atoms with Gasteiger partial charge in [-0.1, -0.05) is 42.0 Å². The first-order valence-electron chi connectivity index (χ1n) is 8.51. The van der Waals surface area contributed by atoms with Crippen LogP contribution < -0.4 is 10.6 Å². The molecule has 0 aliphatic carbocycles. The first kappa shape index (κ1) is 18.9. The van der Waals surface area contributed by atoms with Gasteiger partial charge in [-0.2, -0.15) is 0 Å². The van der Waals surface area contributed by atoms with E-state index in [-0.39, 0.29) is 5.82 Å². The SMILES string of the molecule is CCNC(=NCc1ccc(C)c(F)c1)NCC(O)c1ccc(C)cc1. The van der Waals surface area contributed by atoms with Crippen LogP contribution in [-0.4, -0.2) is 24.2 Å². The van der Waals surface area contributed by atoms with Crippen LogP contribution in [-0.2, 0) is 6.54 Å². The Morgan fingerprint density at radius 1 is 1.12 bits per heavy atom. The molecule has 0 aliphatic heterocycles. The van der Waals surface area contributed by atoms with Crippen molar-refractivity contribution in [2.45, 2.75) is 33.4 Å². The molecule has 2 aromatic rings. The standard InChI is InChI=1S/C20H26FN3O/c1-4-22-20(23-12-16-8-7-15(3)18(21)11-16)24-13-19(25)17-9-5-14(2)6-10-17/h5-11,19,25H,4,12-13H2,1-3H3,(H2,22,23,24). The highest BCUT2D eigenvalue weighted by Crippen LogP contribution is 2.13. The summed E-state index contributed by atoms with van der Waals surface area (Å²) in [5, 5.41) is 16.5. The van der Waals surface area contributed by atoms with E-state index < -0.39 is 6.10 Å². The van der Waals surface area contributed by atoms with Crippen LogP contribution in [0.5, 0.6) is 0 Å². The second kappa shape index (κ2) is 9.18. The minimum absolute atomic E-state index is 0.222. The summed E-state index contributed by atoms with van der Waals surface area (Å²) in [6.07, 6.45) is -0.624. The summed E-state index contributed by atoms with van der Waals surface area (Å²) in [6.45, 7) is 7.14. The number of hydrogen-bond acceptors (Lipinski definition) is 2. The Labute approximate surface area is 148 Å². The molecule has 0 fully saturated rings. The van der Waals surface area contributed by atoms with Crippen molar-refractivity contribution < 1.29 is 9.50 Å². The molecule has 5 heteroatoms. The zero-order valence-electron chi connectivity index (χ0n) is 15.0. The van der Waals surface area contributed by atoms with Gasteiger partial charge in [0.05, 0.1) is 12.6 Å². The average molecular weight is 343 g/mol. The molecule has 0 saturated heterocycles. The van der Waals surface area contributed by atoms with Crippen LogP contribution >= 0.6 is 0 Å². The summed E-state index contributed by atoms with van der Waals surface area (Å²) in [6, 6.07) is 12.9. The third-order valence-corrected chi connectivity index (χ3v) is 3.93. The molecule has 0 heterocycles. The maximum absolute atomic E-state index is 13.6. The predicted molar refractivity (Wildman–Crippen MR) is 100 cm³/mol. The van der Waals surface area contributed by atoms with Crippen LogP contribution in [0.25, 0.3) is 0 Å². The van der Waals surface area contributed by atoms with Crippen LogP contribution in [0, 0.1) is 19.7 Å². The predicted octanol–water partition coefficient (Wildman–Crippen LogP) is 3.23. The number of aliphatic imine (C=N–C) groups is 1. The van der Waals surface area contributed by atoms with Crippen molar-refractivity contribution >= 4 is 5.96 Å². The molecule has 25 heavy (non-hydrogen) atoms. The molecule has 0 aliphatic rings. The van der Waals surface area contributed by atoms with E-state index in [4.69, 9.17) is 0 Å². The third-order valence-electron chi connectivity index (χ3n) is 3.93. The quantitative estimate of drug-likeness (QED) is 0.557. The Morgan fingerprint density at radius 2 is 1.84 bits per heavy atom. The molecule has 0 spiro atoms. The van der Waals surface area contributed by atoms with Crippen LogP contribution in [0.15, 0.2) is 47.5 Å². The first-order valence-corrected chi connectivity index (χ1v) is 8.51. The molecule has 4 nitrogen and oxygen atoms in total. The second-order valence-electron chi connectivity index (χ2n) is 6.09. The van der Waals surface area contributed by atoms with E-state index >= 15 is 0 Å². The number of benzene rings is 2. The zero-order chi connectivity index (χ0) is 18.2. The maximum atomic E-state index is 13.6. The molecule has 2 aromatic carbocycles. The van der Waals surface area contributed by atoms with Crippen molar-refractivity contribution in [1.82, 2.24) is 10.6 Å². The molecular weight excluding hydrogens is 317 g/mol. The van der Waals surface area contributed by atoms with Gasteiger partial charge >= 0.3 is 0 Å². The number of nitrogens with zero attached hydrogens (tertiary/aromatic N) is 1. The van der Waals surface area contributed by atoms with Gasteiger partial charge in [-0.25, -0.2) is 9.38 Å². The number of hydrogen-bond donors (Lipinski definition) is 3. The van der Waals surface area contributed by atoms with Crippen LogP contribution in [0.2, 0.25) is 0 Å². The molecule has 1 atom stereocenters. The largest absolute Gasteiger partial charge is 0.387 e. The van der Waals surface area contributed by atoms with Gasteiger partial charge in [0.25, 0.3) is 0 Å². The molecule has 0 bridgehead atoms. The van der Waals surface area contributed by atoms with E-state index in [0.29, 0.717) is 31.2 Å². The fraction of sp³-hybridized carbons (Fsp3) is 0.350. The van der Waals surface area contributed by atoms with Crippen molar-refractivity contribution in [3.63, 3.8) is 0 Å². The van der Waals surface area contributed by atoms with Gasteiger partial charge in [-0.3, -0.25) is 0 Å². The minimum Gasteiger partial charge on any atom is -0.387 e. The van der Waals surface area contributed by atoms with Crippen molar-refractivity contribution in [3.8, 4) is 0 Å². The summed E-state index contributed by atoms with van der Waals surface area (Å²) in [5.74, 6) is 0.370. The molecule has 134 valence electrons. The zero-order valence-corrected chi connectivity index (χ0v) is 15.0. The lowest BCUT2D eigenvalue weighted by Crippen LogP contribution is -2.39. The summed E-state index contributed by atoms with van der Waals surface area (Å²) in [4.78, 5) is 4.45.